The molecule has 17 heavy (non-hydrogen) atoms. The molecule has 1 heterocycles. The Balaban J connectivity index is 1.80. The molecule has 1 unspecified atom stereocenters. The molecule has 0 saturated heterocycles. The zero-order valence-corrected chi connectivity index (χ0v) is 10.6. The van der Waals surface area contributed by atoms with Crippen LogP contribution in [0.4, 0.5) is 5.82 Å². The van der Waals surface area contributed by atoms with E-state index < -0.39 is 0 Å². The van der Waals surface area contributed by atoms with Crippen LogP contribution >= 0.6 is 0 Å². The molecule has 1 aromatic heterocycles. The first-order valence-electron chi connectivity index (χ1n) is 5.99. The summed E-state index contributed by atoms with van der Waals surface area (Å²) in [4.78, 5) is 13.8. The number of nitrogens with one attached hydrogen (secondary N) is 1. The maximum atomic E-state index is 11.7. The minimum atomic E-state index is -0.0479. The fraction of sp³-hybridized carbons (Fsp3) is 0.667. The average molecular weight is 237 g/mol. The minimum Gasteiger partial charge on any atom is -0.360 e. The Morgan fingerprint density at radius 3 is 2.94 bits per heavy atom. The van der Waals surface area contributed by atoms with Crippen LogP contribution in [0.25, 0.3) is 0 Å². The van der Waals surface area contributed by atoms with E-state index in [4.69, 9.17) is 4.52 Å². The van der Waals surface area contributed by atoms with Gasteiger partial charge in [0.25, 0.3) is 0 Å². The van der Waals surface area contributed by atoms with E-state index in [2.05, 4.69) is 22.3 Å². The fourth-order valence-corrected chi connectivity index (χ4v) is 1.92. The van der Waals surface area contributed by atoms with Crippen molar-refractivity contribution in [3.8, 4) is 0 Å². The summed E-state index contributed by atoms with van der Waals surface area (Å²) in [5, 5.41) is 6.45. The lowest BCUT2D eigenvalue weighted by atomic mass is 10.2. The molecule has 1 aromatic rings. The van der Waals surface area contributed by atoms with Crippen LogP contribution in [0.3, 0.4) is 0 Å². The number of aryl methyl sites for hydroxylation is 1. The Morgan fingerprint density at radius 2 is 2.41 bits per heavy atom. The van der Waals surface area contributed by atoms with Crippen molar-refractivity contribution in [2.75, 3.05) is 18.9 Å². The first kappa shape index (κ1) is 12.1. The number of anilines is 1. The lowest BCUT2D eigenvalue weighted by Gasteiger charge is -2.23. The van der Waals surface area contributed by atoms with Crippen LogP contribution in [0.5, 0.6) is 0 Å². The Kier molecular flexibility index (Phi) is 3.47. The molecule has 1 aliphatic carbocycles. The van der Waals surface area contributed by atoms with E-state index in [1.165, 1.54) is 12.8 Å². The number of carbonyl (C=O) groups excluding carboxylic acids is 1. The van der Waals surface area contributed by atoms with E-state index in [1.807, 2.05) is 7.05 Å². The largest absolute Gasteiger partial charge is 0.360 e. The number of carbonyl (C=O) groups is 1. The van der Waals surface area contributed by atoms with Crippen LogP contribution in [-0.2, 0) is 4.79 Å². The van der Waals surface area contributed by atoms with Crippen molar-refractivity contribution in [2.24, 2.45) is 5.92 Å². The van der Waals surface area contributed by atoms with Crippen LogP contribution in [0.1, 0.15) is 25.5 Å². The third kappa shape index (κ3) is 3.30. The summed E-state index contributed by atoms with van der Waals surface area (Å²) in [5.41, 5.74) is 0. The van der Waals surface area contributed by atoms with Crippen molar-refractivity contribution in [3.05, 3.63) is 11.8 Å². The second kappa shape index (κ2) is 4.87. The molecule has 1 fully saturated rings. The van der Waals surface area contributed by atoms with Gasteiger partial charge in [0.2, 0.25) is 5.91 Å². The topological polar surface area (TPSA) is 58.4 Å². The van der Waals surface area contributed by atoms with Gasteiger partial charge in [0.15, 0.2) is 5.82 Å². The first-order chi connectivity index (χ1) is 8.06. The van der Waals surface area contributed by atoms with Crippen molar-refractivity contribution < 1.29 is 9.32 Å². The summed E-state index contributed by atoms with van der Waals surface area (Å²) in [6.45, 7) is 4.36. The molecule has 1 aliphatic rings. The van der Waals surface area contributed by atoms with Crippen LogP contribution in [0.15, 0.2) is 10.6 Å². The Morgan fingerprint density at radius 1 is 1.71 bits per heavy atom. The number of nitrogens with zero attached hydrogens (tertiary/aromatic N) is 2. The summed E-state index contributed by atoms with van der Waals surface area (Å²) < 4.78 is 4.89. The van der Waals surface area contributed by atoms with Gasteiger partial charge in [-0.1, -0.05) is 5.16 Å². The van der Waals surface area contributed by atoms with Crippen LogP contribution in [0, 0.1) is 12.8 Å². The summed E-state index contributed by atoms with van der Waals surface area (Å²) in [5.74, 6) is 1.90. The van der Waals surface area contributed by atoms with Gasteiger partial charge in [-0.15, -0.1) is 0 Å². The van der Waals surface area contributed by atoms with Gasteiger partial charge in [0.05, 0.1) is 6.54 Å². The summed E-state index contributed by atoms with van der Waals surface area (Å²) >= 11 is 0. The maximum absolute atomic E-state index is 11.7. The van der Waals surface area contributed by atoms with Crippen molar-refractivity contribution in [1.29, 1.82) is 0 Å². The molecular formula is C12H19N3O2. The van der Waals surface area contributed by atoms with Crippen LogP contribution < -0.4 is 5.32 Å². The number of hydrogen-bond donors (Lipinski definition) is 1. The molecule has 1 saturated carbocycles. The molecule has 0 bridgehead atoms. The van der Waals surface area contributed by atoms with E-state index in [9.17, 15) is 4.79 Å². The smallest absolute Gasteiger partial charge is 0.239 e. The summed E-state index contributed by atoms with van der Waals surface area (Å²) in [6.07, 6.45) is 2.57. The molecule has 0 aliphatic heterocycles. The Labute approximate surface area is 101 Å². The first-order valence-corrected chi connectivity index (χ1v) is 5.99. The molecule has 0 spiro atoms. The molecular weight excluding hydrogens is 218 g/mol. The number of aromatic nitrogens is 1. The van der Waals surface area contributed by atoms with Gasteiger partial charge >= 0.3 is 0 Å². The quantitative estimate of drug-likeness (QED) is 0.846. The van der Waals surface area contributed by atoms with Crippen molar-refractivity contribution in [3.63, 3.8) is 0 Å². The molecule has 1 N–H and O–H groups in total. The zero-order chi connectivity index (χ0) is 12.4. The predicted octanol–water partition coefficient (Wildman–Crippen LogP) is 1.65. The lowest BCUT2D eigenvalue weighted by Crippen LogP contribution is -2.37. The Bertz CT molecular complexity index is 398. The van der Waals surface area contributed by atoms with Crippen molar-refractivity contribution in [2.45, 2.75) is 32.7 Å². The van der Waals surface area contributed by atoms with Gasteiger partial charge in [0, 0.05) is 12.1 Å². The SMILES string of the molecule is Cc1cc(NC(=O)CN(C)C(C)C2CC2)no1. The summed E-state index contributed by atoms with van der Waals surface area (Å²) in [7, 11) is 1.98. The zero-order valence-electron chi connectivity index (χ0n) is 10.6. The van der Waals surface area contributed by atoms with E-state index in [0.717, 1.165) is 5.92 Å². The number of hydrogen-bond acceptors (Lipinski definition) is 4. The Hall–Kier alpha value is -1.36. The third-order valence-corrected chi connectivity index (χ3v) is 3.29. The van der Waals surface area contributed by atoms with Gasteiger partial charge in [-0.2, -0.15) is 0 Å². The lowest BCUT2D eigenvalue weighted by molar-refractivity contribution is -0.117. The van der Waals surface area contributed by atoms with Gasteiger partial charge < -0.3 is 9.84 Å². The molecule has 1 amide bonds. The second-order valence-corrected chi connectivity index (χ2v) is 4.86. The van der Waals surface area contributed by atoms with Gasteiger partial charge in [-0.3, -0.25) is 9.69 Å². The van der Waals surface area contributed by atoms with Gasteiger partial charge in [0.1, 0.15) is 5.76 Å². The van der Waals surface area contributed by atoms with E-state index in [-0.39, 0.29) is 5.91 Å². The maximum Gasteiger partial charge on any atom is 0.239 e. The highest BCUT2D eigenvalue weighted by Crippen LogP contribution is 2.34. The average Bonchev–Trinajstić information content (AvgIpc) is 3.02. The minimum absolute atomic E-state index is 0.0479. The molecule has 0 aromatic carbocycles. The van der Waals surface area contributed by atoms with Gasteiger partial charge in [-0.25, -0.2) is 0 Å². The molecule has 0 radical (unpaired) electrons. The van der Waals surface area contributed by atoms with Crippen LogP contribution in [-0.4, -0.2) is 35.6 Å². The number of rotatable bonds is 5. The van der Waals surface area contributed by atoms with Crippen molar-refractivity contribution >= 4 is 11.7 Å². The monoisotopic (exact) mass is 237 g/mol. The van der Waals surface area contributed by atoms with E-state index in [1.54, 1.807) is 13.0 Å². The molecule has 1 atom stereocenters. The third-order valence-electron chi connectivity index (χ3n) is 3.29. The predicted molar refractivity (Wildman–Crippen MR) is 64.7 cm³/mol. The van der Waals surface area contributed by atoms with E-state index >= 15 is 0 Å². The second-order valence-electron chi connectivity index (χ2n) is 4.86. The van der Waals surface area contributed by atoms with Crippen LogP contribution in [0.2, 0.25) is 0 Å². The molecule has 5 nitrogen and oxygen atoms in total. The highest BCUT2D eigenvalue weighted by Gasteiger charge is 2.31. The fourth-order valence-electron chi connectivity index (χ4n) is 1.92. The number of likely N-dealkylation sites (N-methyl/N-ethyl adjacent to an activating group) is 1. The highest BCUT2D eigenvalue weighted by molar-refractivity contribution is 5.91. The van der Waals surface area contributed by atoms with E-state index in [0.29, 0.717) is 24.2 Å². The standard InChI is InChI=1S/C12H19N3O2/c1-8-6-11(14-17-8)13-12(16)7-15(3)9(2)10-4-5-10/h6,9-10H,4-5,7H2,1-3H3,(H,13,14,16). The van der Waals surface area contributed by atoms with Crippen molar-refractivity contribution in [1.82, 2.24) is 10.1 Å². The molecule has 2 rings (SSSR count). The van der Waals surface area contributed by atoms with Gasteiger partial charge in [-0.05, 0) is 39.7 Å². The molecule has 94 valence electrons. The normalized spacial score (nSPS) is 17.2. The summed E-state index contributed by atoms with van der Waals surface area (Å²) in [6, 6.07) is 2.18. The highest BCUT2D eigenvalue weighted by atomic mass is 16.5. The number of amides is 1. The molecule has 5 heteroatoms.